The minimum atomic E-state index is 0.174. The van der Waals surface area contributed by atoms with E-state index in [0.29, 0.717) is 0 Å². The summed E-state index contributed by atoms with van der Waals surface area (Å²) in [5.74, 6) is 1.12. The highest BCUT2D eigenvalue weighted by molar-refractivity contribution is 5.90. The number of fused-ring (bicyclic) bond motifs is 4. The van der Waals surface area contributed by atoms with Crippen LogP contribution in [0.5, 0.6) is 0 Å². The zero-order valence-corrected chi connectivity index (χ0v) is 16.6. The molecular formula is C25H22N4. The lowest BCUT2D eigenvalue weighted by molar-refractivity contribution is 0.757. The summed E-state index contributed by atoms with van der Waals surface area (Å²) in [6.07, 6.45) is 5.00. The molecule has 4 nitrogen and oxygen atoms in total. The first-order valence-electron chi connectivity index (χ1n) is 10.1. The zero-order valence-electron chi connectivity index (χ0n) is 16.6. The van der Waals surface area contributed by atoms with E-state index >= 15 is 0 Å². The molecule has 142 valence electrons. The summed E-state index contributed by atoms with van der Waals surface area (Å²) >= 11 is 0. The van der Waals surface area contributed by atoms with E-state index < -0.39 is 0 Å². The molecular weight excluding hydrogens is 356 g/mol. The van der Waals surface area contributed by atoms with E-state index in [-0.39, 0.29) is 6.17 Å². The molecule has 3 heterocycles. The topological polar surface area (TPSA) is 24.3 Å². The van der Waals surface area contributed by atoms with Crippen LogP contribution in [0.4, 0.5) is 22.7 Å². The second kappa shape index (κ2) is 5.98. The van der Waals surface area contributed by atoms with Crippen LogP contribution in [0.25, 0.3) is 5.69 Å². The van der Waals surface area contributed by atoms with Crippen LogP contribution in [-0.2, 0) is 6.42 Å². The first-order chi connectivity index (χ1) is 14.2. The molecule has 2 aliphatic heterocycles. The molecule has 4 heteroatoms. The van der Waals surface area contributed by atoms with Crippen LogP contribution in [0.2, 0.25) is 0 Å². The molecule has 0 aliphatic carbocycles. The Morgan fingerprint density at radius 1 is 0.828 bits per heavy atom. The van der Waals surface area contributed by atoms with Crippen molar-refractivity contribution < 1.29 is 0 Å². The smallest absolute Gasteiger partial charge is 0.117 e. The fourth-order valence-electron chi connectivity index (χ4n) is 4.96. The van der Waals surface area contributed by atoms with E-state index in [1.165, 1.54) is 39.6 Å². The Morgan fingerprint density at radius 2 is 1.55 bits per heavy atom. The van der Waals surface area contributed by atoms with Gasteiger partial charge in [-0.15, -0.1) is 0 Å². The lowest BCUT2D eigenvalue weighted by Crippen LogP contribution is -2.36. The van der Waals surface area contributed by atoms with Crippen molar-refractivity contribution >= 4 is 22.7 Å². The van der Waals surface area contributed by atoms with Crippen LogP contribution >= 0.6 is 0 Å². The van der Waals surface area contributed by atoms with Gasteiger partial charge < -0.3 is 14.4 Å². The van der Waals surface area contributed by atoms with Crippen molar-refractivity contribution in [3.8, 4) is 5.69 Å². The number of anilines is 4. The second-order valence-electron chi connectivity index (χ2n) is 7.82. The molecule has 1 aromatic heterocycles. The van der Waals surface area contributed by atoms with Crippen molar-refractivity contribution in [2.75, 3.05) is 9.80 Å². The Kier molecular flexibility index (Phi) is 3.39. The molecule has 6 rings (SSSR count). The molecule has 0 bridgehead atoms. The maximum absolute atomic E-state index is 4.57. The molecule has 0 radical (unpaired) electrons. The van der Waals surface area contributed by atoms with Gasteiger partial charge >= 0.3 is 0 Å². The summed E-state index contributed by atoms with van der Waals surface area (Å²) < 4.78 is 2.22. The molecule has 0 unspecified atom stereocenters. The Balaban J connectivity index is 1.56. The van der Waals surface area contributed by atoms with Gasteiger partial charge in [-0.2, -0.15) is 0 Å². The Bertz CT molecular complexity index is 1220. The van der Waals surface area contributed by atoms with E-state index in [1.54, 1.807) is 0 Å². The SMILES string of the molecule is Cc1ccc2c(c1N1c3ccccc3N(c3ccccc3)[C@@H]1C)Cc1nccn1-2. The van der Waals surface area contributed by atoms with E-state index in [4.69, 9.17) is 0 Å². The highest BCUT2D eigenvalue weighted by Gasteiger charge is 2.37. The lowest BCUT2D eigenvalue weighted by Gasteiger charge is -2.32. The van der Waals surface area contributed by atoms with Gasteiger partial charge in [0.1, 0.15) is 12.0 Å². The number of rotatable bonds is 2. The molecule has 1 atom stereocenters. The molecule has 0 amide bonds. The fourth-order valence-corrected chi connectivity index (χ4v) is 4.96. The monoisotopic (exact) mass is 378 g/mol. The van der Waals surface area contributed by atoms with E-state index in [1.807, 2.05) is 6.20 Å². The number of benzene rings is 3. The summed E-state index contributed by atoms with van der Waals surface area (Å²) in [7, 11) is 0. The van der Waals surface area contributed by atoms with Crippen LogP contribution in [-0.4, -0.2) is 15.7 Å². The molecule has 2 aliphatic rings. The fraction of sp³-hybridized carbons (Fsp3) is 0.160. The summed E-state index contributed by atoms with van der Waals surface area (Å²) in [5, 5.41) is 0. The quantitative estimate of drug-likeness (QED) is 0.393. The molecule has 4 aromatic rings. The van der Waals surface area contributed by atoms with E-state index in [2.05, 4.69) is 106 Å². The molecule has 0 fully saturated rings. The van der Waals surface area contributed by atoms with E-state index in [0.717, 1.165) is 12.2 Å². The summed E-state index contributed by atoms with van der Waals surface area (Å²) in [4.78, 5) is 9.50. The molecule has 0 N–H and O–H groups in total. The average molecular weight is 378 g/mol. The minimum Gasteiger partial charge on any atom is -0.319 e. The normalized spacial score (nSPS) is 16.7. The highest BCUT2D eigenvalue weighted by Crippen LogP contribution is 2.50. The Labute approximate surface area is 170 Å². The minimum absolute atomic E-state index is 0.174. The Morgan fingerprint density at radius 3 is 2.34 bits per heavy atom. The zero-order chi connectivity index (χ0) is 19.5. The van der Waals surface area contributed by atoms with Crippen molar-refractivity contribution in [2.24, 2.45) is 0 Å². The van der Waals surface area contributed by atoms with Crippen molar-refractivity contribution in [1.82, 2.24) is 9.55 Å². The number of aryl methyl sites for hydroxylation is 1. The molecule has 0 saturated heterocycles. The van der Waals surface area contributed by atoms with Crippen molar-refractivity contribution in [1.29, 1.82) is 0 Å². The van der Waals surface area contributed by atoms with Crippen LogP contribution < -0.4 is 9.80 Å². The van der Waals surface area contributed by atoms with Gasteiger partial charge in [-0.1, -0.05) is 36.4 Å². The van der Waals surface area contributed by atoms with Gasteiger partial charge in [0, 0.05) is 30.1 Å². The number of hydrogen-bond donors (Lipinski definition) is 0. The van der Waals surface area contributed by atoms with Gasteiger partial charge in [0.05, 0.1) is 22.7 Å². The molecule has 0 saturated carbocycles. The molecule has 3 aromatic carbocycles. The third-order valence-electron chi connectivity index (χ3n) is 6.19. The third-order valence-corrected chi connectivity index (χ3v) is 6.19. The number of aromatic nitrogens is 2. The van der Waals surface area contributed by atoms with Gasteiger partial charge in [0.25, 0.3) is 0 Å². The van der Waals surface area contributed by atoms with Crippen molar-refractivity contribution in [2.45, 2.75) is 26.4 Å². The lowest BCUT2D eigenvalue weighted by atomic mass is 10.0. The summed E-state index contributed by atoms with van der Waals surface area (Å²) in [6.45, 7) is 4.51. The summed E-state index contributed by atoms with van der Waals surface area (Å²) in [5.41, 5.74) is 8.94. The maximum Gasteiger partial charge on any atom is 0.117 e. The third kappa shape index (κ3) is 2.23. The first-order valence-corrected chi connectivity index (χ1v) is 10.1. The standard InChI is InChI=1S/C25H22N4/c1-17-12-13-21-20(16-24-26-14-15-27(21)24)25(17)29-18(2)28(19-8-4-3-5-9-19)22-10-6-7-11-23(22)29/h3-15,18H,16H2,1-2H3/t18-/m0/s1. The van der Waals surface area contributed by atoms with E-state index in [9.17, 15) is 0 Å². The largest absolute Gasteiger partial charge is 0.319 e. The van der Waals surface area contributed by atoms with Gasteiger partial charge in [-0.05, 0) is 49.7 Å². The number of nitrogens with zero attached hydrogens (tertiary/aromatic N) is 4. The molecule has 29 heavy (non-hydrogen) atoms. The van der Waals surface area contributed by atoms with Crippen LogP contribution in [0.1, 0.15) is 23.9 Å². The maximum atomic E-state index is 4.57. The van der Waals surface area contributed by atoms with Gasteiger partial charge in [0.2, 0.25) is 0 Å². The predicted octanol–water partition coefficient (Wildman–Crippen LogP) is 5.72. The molecule has 0 spiro atoms. The van der Waals surface area contributed by atoms with Crippen LogP contribution in [0, 0.1) is 6.92 Å². The predicted molar refractivity (Wildman–Crippen MR) is 118 cm³/mol. The average Bonchev–Trinajstić information content (AvgIpc) is 3.40. The number of imidazole rings is 1. The summed E-state index contributed by atoms with van der Waals surface area (Å²) in [6, 6.07) is 23.9. The first kappa shape index (κ1) is 16.4. The Hall–Kier alpha value is -3.53. The van der Waals surface area contributed by atoms with Crippen molar-refractivity contribution in [3.05, 3.63) is 96.1 Å². The number of hydrogen-bond acceptors (Lipinski definition) is 3. The van der Waals surface area contributed by atoms with Crippen LogP contribution in [0.15, 0.2) is 79.1 Å². The highest BCUT2D eigenvalue weighted by atomic mass is 15.4. The van der Waals surface area contributed by atoms with Gasteiger partial charge in [-0.3, -0.25) is 0 Å². The van der Waals surface area contributed by atoms with Gasteiger partial charge in [0.15, 0.2) is 0 Å². The van der Waals surface area contributed by atoms with Gasteiger partial charge in [-0.25, -0.2) is 4.98 Å². The van der Waals surface area contributed by atoms with Crippen molar-refractivity contribution in [3.63, 3.8) is 0 Å². The van der Waals surface area contributed by atoms with Crippen LogP contribution in [0.3, 0.4) is 0 Å². The number of para-hydroxylation sites is 3. The second-order valence-corrected chi connectivity index (χ2v) is 7.82.